The molecule has 0 aliphatic heterocycles. The number of allylic oxidation sites excluding steroid dienone is 1. The number of aliphatic hydroxyl groups is 1. The zero-order valence-corrected chi connectivity index (χ0v) is 12.2. The molecule has 0 bridgehead atoms. The van der Waals surface area contributed by atoms with Crippen molar-refractivity contribution in [2.45, 2.75) is 32.1 Å². The van der Waals surface area contributed by atoms with Crippen LogP contribution in [0.3, 0.4) is 0 Å². The first kappa shape index (κ1) is 15.0. The highest BCUT2D eigenvalue weighted by atomic mass is 35.5. The van der Waals surface area contributed by atoms with Gasteiger partial charge in [0, 0.05) is 13.1 Å². The number of nitrogens with zero attached hydrogens (tertiary/aromatic N) is 3. The lowest BCUT2D eigenvalue weighted by molar-refractivity contribution is 0.311. The minimum Gasteiger partial charge on any atom is -0.395 e. The predicted octanol–water partition coefficient (Wildman–Crippen LogP) is 2.23. The van der Waals surface area contributed by atoms with E-state index in [1.807, 2.05) is 0 Å². The van der Waals surface area contributed by atoms with Crippen LogP contribution >= 0.6 is 11.6 Å². The second kappa shape index (κ2) is 8.01. The van der Waals surface area contributed by atoms with E-state index in [0.29, 0.717) is 18.4 Å². The average molecular weight is 298 g/mol. The molecule has 0 aromatic carbocycles. The molecule has 110 valence electrons. The molecule has 0 saturated carbocycles. The van der Waals surface area contributed by atoms with Crippen molar-refractivity contribution in [1.29, 1.82) is 0 Å². The van der Waals surface area contributed by atoms with Crippen LogP contribution in [-0.4, -0.2) is 39.8 Å². The second-order valence-electron chi connectivity index (χ2n) is 4.69. The van der Waals surface area contributed by atoms with Gasteiger partial charge in [0.15, 0.2) is 0 Å². The molecular weight excluding hydrogens is 278 g/mol. The van der Waals surface area contributed by atoms with Gasteiger partial charge in [-0.25, -0.2) is 0 Å². The molecule has 7 heteroatoms. The summed E-state index contributed by atoms with van der Waals surface area (Å²) in [6.45, 7) is 1.18. The Morgan fingerprint density at radius 1 is 1.10 bits per heavy atom. The smallest absolute Gasteiger partial charge is 0.228 e. The number of halogens is 1. The molecule has 6 nitrogen and oxygen atoms in total. The number of nitrogens with one attached hydrogen (secondary N) is 2. The van der Waals surface area contributed by atoms with Crippen LogP contribution < -0.4 is 10.6 Å². The fraction of sp³-hybridized carbons (Fsp3) is 0.615. The predicted molar refractivity (Wildman–Crippen MR) is 80.1 cm³/mol. The SMILES string of the molecule is OCCNc1nc(Cl)nc(NCCC2=CCCCC2)n1. The number of hydrogen-bond donors (Lipinski definition) is 3. The molecule has 0 fully saturated rings. The maximum atomic E-state index is 8.76. The lowest BCUT2D eigenvalue weighted by Crippen LogP contribution is -2.12. The van der Waals surface area contributed by atoms with E-state index in [9.17, 15) is 0 Å². The van der Waals surface area contributed by atoms with Crippen LogP contribution in [0.2, 0.25) is 5.28 Å². The molecule has 0 amide bonds. The van der Waals surface area contributed by atoms with Gasteiger partial charge in [0.2, 0.25) is 17.2 Å². The molecule has 0 atom stereocenters. The second-order valence-corrected chi connectivity index (χ2v) is 5.03. The first-order chi connectivity index (χ1) is 9.78. The topological polar surface area (TPSA) is 83.0 Å². The maximum Gasteiger partial charge on any atom is 0.228 e. The molecule has 1 aliphatic rings. The van der Waals surface area contributed by atoms with Gasteiger partial charge < -0.3 is 15.7 Å². The van der Waals surface area contributed by atoms with Crippen molar-refractivity contribution in [3.8, 4) is 0 Å². The Labute approximate surface area is 123 Å². The average Bonchev–Trinajstić information content (AvgIpc) is 2.46. The van der Waals surface area contributed by atoms with Crippen molar-refractivity contribution in [3.63, 3.8) is 0 Å². The van der Waals surface area contributed by atoms with E-state index in [1.165, 1.54) is 31.3 Å². The van der Waals surface area contributed by atoms with Gasteiger partial charge in [-0.15, -0.1) is 0 Å². The maximum absolute atomic E-state index is 8.76. The van der Waals surface area contributed by atoms with Crippen molar-refractivity contribution in [2.75, 3.05) is 30.3 Å². The van der Waals surface area contributed by atoms with Gasteiger partial charge in [0.05, 0.1) is 6.61 Å². The summed E-state index contributed by atoms with van der Waals surface area (Å²) >= 11 is 5.84. The monoisotopic (exact) mass is 297 g/mol. The molecule has 0 spiro atoms. The summed E-state index contributed by atoms with van der Waals surface area (Å²) in [7, 11) is 0. The van der Waals surface area contributed by atoms with Crippen LogP contribution in [0, 0.1) is 0 Å². The third kappa shape index (κ3) is 4.94. The summed E-state index contributed by atoms with van der Waals surface area (Å²) < 4.78 is 0. The molecule has 0 radical (unpaired) electrons. The molecule has 1 aromatic heterocycles. The fourth-order valence-corrected chi connectivity index (χ4v) is 2.30. The number of aliphatic hydroxyl groups excluding tert-OH is 1. The lowest BCUT2D eigenvalue weighted by Gasteiger charge is -2.13. The Morgan fingerprint density at radius 3 is 2.50 bits per heavy atom. The summed E-state index contributed by atoms with van der Waals surface area (Å²) in [5.41, 5.74) is 1.50. The van der Waals surface area contributed by atoms with Crippen LogP contribution in [-0.2, 0) is 0 Å². The van der Waals surface area contributed by atoms with Gasteiger partial charge in [-0.1, -0.05) is 11.6 Å². The van der Waals surface area contributed by atoms with E-state index in [2.05, 4.69) is 31.7 Å². The lowest BCUT2D eigenvalue weighted by atomic mass is 9.97. The Balaban J connectivity index is 1.85. The highest BCUT2D eigenvalue weighted by molar-refractivity contribution is 6.28. The van der Waals surface area contributed by atoms with Crippen molar-refractivity contribution >= 4 is 23.5 Å². The molecule has 1 heterocycles. The first-order valence-electron chi connectivity index (χ1n) is 6.96. The van der Waals surface area contributed by atoms with Crippen LogP contribution in [0.25, 0.3) is 0 Å². The van der Waals surface area contributed by atoms with E-state index < -0.39 is 0 Å². The van der Waals surface area contributed by atoms with Gasteiger partial charge in [-0.2, -0.15) is 15.0 Å². The molecule has 2 rings (SSSR count). The van der Waals surface area contributed by atoms with Crippen LogP contribution in [0.5, 0.6) is 0 Å². The minimum atomic E-state index is 0.0141. The van der Waals surface area contributed by atoms with Crippen molar-refractivity contribution < 1.29 is 5.11 Å². The molecule has 0 saturated heterocycles. The van der Waals surface area contributed by atoms with Gasteiger partial charge in [0.25, 0.3) is 0 Å². The van der Waals surface area contributed by atoms with Crippen LogP contribution in [0.1, 0.15) is 32.1 Å². The number of aromatic nitrogens is 3. The zero-order chi connectivity index (χ0) is 14.2. The Morgan fingerprint density at radius 2 is 1.85 bits per heavy atom. The normalized spacial score (nSPS) is 14.8. The quantitative estimate of drug-likeness (QED) is 0.670. The van der Waals surface area contributed by atoms with Crippen LogP contribution in [0.4, 0.5) is 11.9 Å². The van der Waals surface area contributed by atoms with Gasteiger partial charge in [-0.3, -0.25) is 0 Å². The molecular formula is C13H20ClN5O. The minimum absolute atomic E-state index is 0.0141. The third-order valence-electron chi connectivity index (χ3n) is 3.12. The van der Waals surface area contributed by atoms with E-state index in [-0.39, 0.29) is 11.9 Å². The molecule has 0 unspecified atom stereocenters. The summed E-state index contributed by atoms with van der Waals surface area (Å²) in [4.78, 5) is 12.2. The largest absolute Gasteiger partial charge is 0.395 e. The standard InChI is InChI=1S/C13H20ClN5O/c14-11-17-12(19-13(18-11)16-8-9-20)15-7-6-10-4-2-1-3-5-10/h4,20H,1-3,5-9H2,(H2,15,16,17,18,19). The van der Waals surface area contributed by atoms with Crippen molar-refractivity contribution in [1.82, 2.24) is 15.0 Å². The Bertz CT molecular complexity index is 466. The number of anilines is 2. The zero-order valence-electron chi connectivity index (χ0n) is 11.4. The van der Waals surface area contributed by atoms with Crippen molar-refractivity contribution in [3.05, 3.63) is 16.9 Å². The van der Waals surface area contributed by atoms with E-state index in [4.69, 9.17) is 16.7 Å². The summed E-state index contributed by atoms with van der Waals surface area (Å²) in [6.07, 6.45) is 8.33. The summed E-state index contributed by atoms with van der Waals surface area (Å²) in [5.74, 6) is 0.834. The van der Waals surface area contributed by atoms with Gasteiger partial charge in [-0.05, 0) is 43.7 Å². The molecule has 3 N–H and O–H groups in total. The number of rotatable bonds is 7. The summed E-state index contributed by atoms with van der Waals surface area (Å²) in [6, 6.07) is 0. The highest BCUT2D eigenvalue weighted by Crippen LogP contribution is 2.20. The summed E-state index contributed by atoms with van der Waals surface area (Å²) in [5, 5.41) is 14.9. The van der Waals surface area contributed by atoms with Crippen molar-refractivity contribution in [2.24, 2.45) is 0 Å². The van der Waals surface area contributed by atoms with Gasteiger partial charge >= 0.3 is 0 Å². The van der Waals surface area contributed by atoms with Gasteiger partial charge in [0.1, 0.15) is 0 Å². The molecule has 20 heavy (non-hydrogen) atoms. The van der Waals surface area contributed by atoms with Crippen LogP contribution in [0.15, 0.2) is 11.6 Å². The highest BCUT2D eigenvalue weighted by Gasteiger charge is 2.06. The molecule has 1 aliphatic carbocycles. The van der Waals surface area contributed by atoms with E-state index >= 15 is 0 Å². The fourth-order valence-electron chi connectivity index (χ4n) is 2.14. The molecule has 1 aromatic rings. The third-order valence-corrected chi connectivity index (χ3v) is 3.29. The Kier molecular flexibility index (Phi) is 6.01. The first-order valence-corrected chi connectivity index (χ1v) is 7.34. The Hall–Kier alpha value is -1.40. The van der Waals surface area contributed by atoms with E-state index in [0.717, 1.165) is 13.0 Å². The number of hydrogen-bond acceptors (Lipinski definition) is 6. The van der Waals surface area contributed by atoms with E-state index in [1.54, 1.807) is 0 Å².